The lowest BCUT2D eigenvalue weighted by atomic mass is 9.85. The number of fused-ring (bicyclic) bond motifs is 1. The van der Waals surface area contributed by atoms with Crippen LogP contribution in [0.25, 0.3) is 0 Å². The quantitative estimate of drug-likeness (QED) is 0.610. The van der Waals surface area contributed by atoms with E-state index in [1.807, 2.05) is 0 Å². The smallest absolute Gasteiger partial charge is 0.182 e. The molecule has 5 atom stereocenters. The zero-order valence-corrected chi connectivity index (χ0v) is 9.06. The Morgan fingerprint density at radius 1 is 1.47 bits per heavy atom. The molecular weight excluding hydrogens is 195 g/mol. The van der Waals surface area contributed by atoms with Crippen LogP contribution in [-0.4, -0.2) is 53.2 Å². The molecule has 3 rings (SSSR count). The zero-order chi connectivity index (χ0) is 10.7. The van der Waals surface area contributed by atoms with Gasteiger partial charge in [0.15, 0.2) is 5.79 Å². The van der Waals surface area contributed by atoms with E-state index >= 15 is 0 Å². The van der Waals surface area contributed by atoms with Crippen LogP contribution in [0, 0.1) is 11.3 Å². The molecule has 0 aromatic heterocycles. The summed E-state index contributed by atoms with van der Waals surface area (Å²) in [5, 5.41) is 0. The van der Waals surface area contributed by atoms with Gasteiger partial charge in [-0.15, -0.1) is 0 Å². The van der Waals surface area contributed by atoms with Crippen molar-refractivity contribution in [3.05, 3.63) is 0 Å². The fourth-order valence-corrected chi connectivity index (χ4v) is 3.54. The summed E-state index contributed by atoms with van der Waals surface area (Å²) in [6, 6.07) is -0.361. The van der Waals surface area contributed by atoms with Gasteiger partial charge in [-0.05, 0) is 6.42 Å². The van der Waals surface area contributed by atoms with Crippen LogP contribution in [0.5, 0.6) is 0 Å². The molecule has 0 aromatic rings. The van der Waals surface area contributed by atoms with Gasteiger partial charge in [-0.2, -0.15) is 0 Å². The average Bonchev–Trinajstić information content (AvgIpc) is 2.65. The molecule has 0 bridgehead atoms. The normalized spacial score (nSPS) is 56.5. The first-order valence-corrected chi connectivity index (χ1v) is 5.31. The molecule has 0 amide bonds. The molecule has 3 unspecified atom stereocenters. The van der Waals surface area contributed by atoms with E-state index in [-0.39, 0.29) is 23.4 Å². The van der Waals surface area contributed by atoms with Gasteiger partial charge in [0, 0.05) is 26.8 Å². The largest absolute Gasteiger partial charge is 0.384 e. The van der Waals surface area contributed by atoms with E-state index in [0.29, 0.717) is 13.2 Å². The fraction of sp³-hybridized carbons (Fsp3) is 1.00. The molecule has 3 aliphatic rings. The third kappa shape index (κ3) is 0.935. The SMILES string of the molecule is [B][C@@H]1OC2(OC)C3C1OCC[C@@]32COC. The molecule has 2 aliphatic heterocycles. The van der Waals surface area contributed by atoms with Gasteiger partial charge in [-0.25, -0.2) is 0 Å². The van der Waals surface area contributed by atoms with E-state index in [2.05, 4.69) is 0 Å². The molecule has 15 heavy (non-hydrogen) atoms. The third-order valence-corrected chi connectivity index (χ3v) is 4.14. The predicted octanol–water partition coefficient (Wildman–Crippen LogP) is -0.0946. The van der Waals surface area contributed by atoms with Crippen molar-refractivity contribution in [2.75, 3.05) is 27.4 Å². The summed E-state index contributed by atoms with van der Waals surface area (Å²) in [4.78, 5) is 0. The maximum Gasteiger partial charge on any atom is 0.182 e. The molecule has 3 fully saturated rings. The minimum absolute atomic E-state index is 0.0325. The molecule has 0 spiro atoms. The van der Waals surface area contributed by atoms with Crippen molar-refractivity contribution in [1.82, 2.24) is 0 Å². The minimum Gasteiger partial charge on any atom is -0.384 e. The second kappa shape index (κ2) is 2.97. The monoisotopic (exact) mass is 210 g/mol. The van der Waals surface area contributed by atoms with Crippen molar-refractivity contribution in [3.63, 3.8) is 0 Å². The molecule has 1 saturated carbocycles. The Bertz CT molecular complexity index is 279. The van der Waals surface area contributed by atoms with E-state index in [1.165, 1.54) is 0 Å². The predicted molar refractivity (Wildman–Crippen MR) is 52.5 cm³/mol. The summed E-state index contributed by atoms with van der Waals surface area (Å²) < 4.78 is 22.2. The number of hydrogen-bond acceptors (Lipinski definition) is 4. The van der Waals surface area contributed by atoms with Crippen LogP contribution in [-0.2, 0) is 18.9 Å². The fourth-order valence-electron chi connectivity index (χ4n) is 3.54. The maximum atomic E-state index is 5.85. The van der Waals surface area contributed by atoms with Gasteiger partial charge >= 0.3 is 0 Å². The molecule has 5 heteroatoms. The lowest BCUT2D eigenvalue weighted by Gasteiger charge is -2.34. The minimum atomic E-state index is -0.552. The standard InChI is InChI=1S/C10H15BO4/c1-12-5-9-3-4-14-6-7(9)10(9,13-2)15-8(6)11/h6-8H,3-5H2,1-2H3/t6?,7?,8-,9-,10?/m1/s1. The maximum absolute atomic E-state index is 5.85. The van der Waals surface area contributed by atoms with Gasteiger partial charge in [-0.3, -0.25) is 0 Å². The van der Waals surface area contributed by atoms with Gasteiger partial charge in [0.25, 0.3) is 0 Å². The van der Waals surface area contributed by atoms with Crippen LogP contribution >= 0.6 is 0 Å². The van der Waals surface area contributed by atoms with E-state index in [1.54, 1.807) is 14.2 Å². The van der Waals surface area contributed by atoms with Crippen molar-refractivity contribution < 1.29 is 18.9 Å². The summed E-state index contributed by atoms with van der Waals surface area (Å²) in [6.45, 7) is 1.37. The van der Waals surface area contributed by atoms with Gasteiger partial charge in [0.05, 0.1) is 24.0 Å². The van der Waals surface area contributed by atoms with Crippen LogP contribution in [0.3, 0.4) is 0 Å². The molecule has 0 aromatic carbocycles. The van der Waals surface area contributed by atoms with Gasteiger partial charge in [0.1, 0.15) is 7.85 Å². The third-order valence-electron chi connectivity index (χ3n) is 4.14. The first-order chi connectivity index (χ1) is 7.22. The summed E-state index contributed by atoms with van der Waals surface area (Å²) >= 11 is 0. The molecule has 82 valence electrons. The second-order valence-electron chi connectivity index (χ2n) is 4.61. The first kappa shape index (κ1) is 10.1. The molecule has 1 aliphatic carbocycles. The van der Waals surface area contributed by atoms with E-state index in [0.717, 1.165) is 6.42 Å². The molecule has 4 nitrogen and oxygen atoms in total. The van der Waals surface area contributed by atoms with Crippen molar-refractivity contribution in [1.29, 1.82) is 0 Å². The highest BCUT2D eigenvalue weighted by atomic mass is 16.7. The van der Waals surface area contributed by atoms with Crippen molar-refractivity contribution >= 4 is 7.85 Å². The van der Waals surface area contributed by atoms with Crippen LogP contribution < -0.4 is 0 Å². The number of rotatable bonds is 3. The Morgan fingerprint density at radius 2 is 2.27 bits per heavy atom. The highest BCUT2D eigenvalue weighted by molar-refractivity contribution is 6.11. The zero-order valence-electron chi connectivity index (χ0n) is 9.06. The summed E-state index contributed by atoms with van der Waals surface area (Å²) in [7, 11) is 9.23. The van der Waals surface area contributed by atoms with Crippen LogP contribution in [0.4, 0.5) is 0 Å². The average molecular weight is 210 g/mol. The van der Waals surface area contributed by atoms with E-state index < -0.39 is 5.79 Å². The molecular formula is C10H15BO4. The summed E-state index contributed by atoms with van der Waals surface area (Å²) in [6.07, 6.45) is 0.886. The highest BCUT2D eigenvalue weighted by Crippen LogP contribution is 2.74. The summed E-state index contributed by atoms with van der Waals surface area (Å²) in [5.41, 5.74) is -0.0325. The number of hydrogen-bond donors (Lipinski definition) is 0. The van der Waals surface area contributed by atoms with Crippen molar-refractivity contribution in [3.8, 4) is 0 Å². The van der Waals surface area contributed by atoms with Crippen molar-refractivity contribution in [2.45, 2.75) is 24.3 Å². The number of ether oxygens (including phenoxy) is 4. The van der Waals surface area contributed by atoms with Crippen molar-refractivity contribution in [2.24, 2.45) is 11.3 Å². The highest BCUT2D eigenvalue weighted by Gasteiger charge is 2.86. The lowest BCUT2D eigenvalue weighted by Crippen LogP contribution is -2.42. The lowest BCUT2D eigenvalue weighted by molar-refractivity contribution is -0.198. The Hall–Kier alpha value is -0.0951. The Balaban J connectivity index is 1.93. The van der Waals surface area contributed by atoms with E-state index in [4.69, 9.17) is 26.8 Å². The topological polar surface area (TPSA) is 36.9 Å². The molecule has 0 N–H and O–H groups in total. The van der Waals surface area contributed by atoms with Crippen LogP contribution in [0.15, 0.2) is 0 Å². The Kier molecular flexibility index (Phi) is 2.00. The first-order valence-electron chi connectivity index (χ1n) is 5.31. The van der Waals surface area contributed by atoms with Gasteiger partial charge in [-0.1, -0.05) is 0 Å². The second-order valence-corrected chi connectivity index (χ2v) is 4.61. The molecule has 2 radical (unpaired) electrons. The van der Waals surface area contributed by atoms with Crippen LogP contribution in [0.1, 0.15) is 6.42 Å². The van der Waals surface area contributed by atoms with Gasteiger partial charge in [0.2, 0.25) is 0 Å². The van der Waals surface area contributed by atoms with Gasteiger partial charge < -0.3 is 18.9 Å². The van der Waals surface area contributed by atoms with Crippen LogP contribution in [0.2, 0.25) is 0 Å². The Morgan fingerprint density at radius 3 is 2.93 bits per heavy atom. The summed E-state index contributed by atoms with van der Waals surface area (Å²) in [5.74, 6) is -0.317. The Labute approximate surface area is 90.6 Å². The molecule has 2 heterocycles. The molecule has 2 saturated heterocycles. The van der Waals surface area contributed by atoms with E-state index in [9.17, 15) is 0 Å². The number of methoxy groups -OCH3 is 2.